The van der Waals surface area contributed by atoms with Crippen molar-refractivity contribution in [2.75, 3.05) is 25.4 Å². The molecule has 5 nitrogen and oxygen atoms in total. The highest BCUT2D eigenvalue weighted by Crippen LogP contribution is 2.29. The molecule has 0 saturated carbocycles. The van der Waals surface area contributed by atoms with Gasteiger partial charge in [0, 0.05) is 6.07 Å². The Morgan fingerprint density at radius 1 is 1.28 bits per heavy atom. The van der Waals surface area contributed by atoms with Crippen molar-refractivity contribution >= 4 is 29.0 Å². The first-order chi connectivity index (χ1) is 8.60. The third kappa shape index (κ3) is 3.92. The van der Waals surface area contributed by atoms with E-state index in [0.29, 0.717) is 17.2 Å². The molecular weight excluding hydrogens is 258 g/mol. The predicted molar refractivity (Wildman–Crippen MR) is 68.5 cm³/mol. The topological polar surface area (TPSA) is 64.6 Å². The van der Waals surface area contributed by atoms with E-state index in [1.54, 1.807) is 18.2 Å². The molecule has 18 heavy (non-hydrogen) atoms. The number of alkyl halides is 1. The van der Waals surface area contributed by atoms with Crippen LogP contribution in [0.15, 0.2) is 18.2 Å². The van der Waals surface area contributed by atoms with E-state index >= 15 is 0 Å². The van der Waals surface area contributed by atoms with Crippen LogP contribution in [-0.4, -0.2) is 31.8 Å². The molecule has 1 rings (SSSR count). The van der Waals surface area contributed by atoms with E-state index in [0.717, 1.165) is 0 Å². The van der Waals surface area contributed by atoms with Crippen molar-refractivity contribution in [3.8, 4) is 11.5 Å². The molecule has 0 aliphatic heterocycles. The minimum absolute atomic E-state index is 0.173. The highest BCUT2D eigenvalue weighted by molar-refractivity contribution is 6.29. The minimum Gasteiger partial charge on any atom is -0.497 e. The van der Waals surface area contributed by atoms with Crippen LogP contribution in [0.4, 0.5) is 5.69 Å². The van der Waals surface area contributed by atoms with Crippen LogP contribution in [0.3, 0.4) is 0 Å². The molecule has 1 N–H and O–H groups in total. The monoisotopic (exact) mass is 271 g/mol. The summed E-state index contributed by atoms with van der Waals surface area (Å²) < 4.78 is 10.1. The summed E-state index contributed by atoms with van der Waals surface area (Å²) >= 11 is 5.33. The Kier molecular flexibility index (Phi) is 5.45. The lowest BCUT2D eigenvalue weighted by Crippen LogP contribution is -2.17. The van der Waals surface area contributed by atoms with Gasteiger partial charge in [-0.3, -0.25) is 9.59 Å². The second-order valence-corrected chi connectivity index (χ2v) is 3.73. The number of methoxy groups -OCH3 is 2. The molecule has 98 valence electrons. The van der Waals surface area contributed by atoms with E-state index in [9.17, 15) is 9.59 Å². The van der Waals surface area contributed by atoms with Crippen molar-refractivity contribution < 1.29 is 19.1 Å². The summed E-state index contributed by atoms with van der Waals surface area (Å²) in [4.78, 5) is 22.6. The number of nitrogens with one attached hydrogen (secondary N) is 1. The van der Waals surface area contributed by atoms with E-state index < -0.39 is 5.91 Å². The molecule has 0 heterocycles. The van der Waals surface area contributed by atoms with Gasteiger partial charge < -0.3 is 14.8 Å². The Balaban J connectivity index is 2.77. The van der Waals surface area contributed by atoms with Crippen LogP contribution >= 0.6 is 11.6 Å². The number of Topliss-reactive ketones (excluding diaryl/α,β-unsaturated/α-hetero) is 1. The molecule has 0 atom stereocenters. The standard InChI is InChI=1S/C12H14ClNO4/c1-17-9-3-4-10(11(6-9)18-2)14-12(16)5-8(15)7-13/h3-4,6H,5,7H2,1-2H3,(H,14,16). The molecule has 1 amide bonds. The lowest BCUT2D eigenvalue weighted by molar-refractivity contribution is -0.124. The van der Waals surface area contributed by atoms with Crippen LogP contribution in [0.5, 0.6) is 11.5 Å². The average Bonchev–Trinajstić information content (AvgIpc) is 2.38. The summed E-state index contributed by atoms with van der Waals surface area (Å²) in [6.45, 7) is 0. The molecule has 0 bridgehead atoms. The number of amides is 1. The summed E-state index contributed by atoms with van der Waals surface area (Å²) in [5.41, 5.74) is 0.477. The number of rotatable bonds is 6. The van der Waals surface area contributed by atoms with Crippen molar-refractivity contribution in [3.05, 3.63) is 18.2 Å². The van der Waals surface area contributed by atoms with E-state index in [2.05, 4.69) is 5.32 Å². The summed E-state index contributed by atoms with van der Waals surface area (Å²) in [6, 6.07) is 4.96. The Morgan fingerprint density at radius 2 is 2.00 bits per heavy atom. The fourth-order valence-corrected chi connectivity index (χ4v) is 1.42. The lowest BCUT2D eigenvalue weighted by Gasteiger charge is -2.11. The zero-order valence-corrected chi connectivity index (χ0v) is 10.9. The number of halogens is 1. The Morgan fingerprint density at radius 3 is 2.56 bits per heavy atom. The van der Waals surface area contributed by atoms with Crippen LogP contribution in [0.25, 0.3) is 0 Å². The fourth-order valence-electron chi connectivity index (χ4n) is 1.32. The largest absolute Gasteiger partial charge is 0.497 e. The maximum absolute atomic E-state index is 11.5. The van der Waals surface area contributed by atoms with Crippen LogP contribution in [-0.2, 0) is 9.59 Å². The number of carbonyl (C=O) groups is 2. The van der Waals surface area contributed by atoms with Gasteiger partial charge in [-0.1, -0.05) is 0 Å². The van der Waals surface area contributed by atoms with E-state index in [1.807, 2.05) is 0 Å². The van der Waals surface area contributed by atoms with Gasteiger partial charge in [-0.25, -0.2) is 0 Å². The van der Waals surface area contributed by atoms with Gasteiger partial charge >= 0.3 is 0 Å². The van der Waals surface area contributed by atoms with Crippen LogP contribution in [0.1, 0.15) is 6.42 Å². The quantitative estimate of drug-likeness (QED) is 0.633. The number of benzene rings is 1. The molecule has 1 aromatic carbocycles. The van der Waals surface area contributed by atoms with Gasteiger partial charge in [0.2, 0.25) is 5.91 Å². The van der Waals surface area contributed by atoms with Crippen molar-refractivity contribution in [2.45, 2.75) is 6.42 Å². The zero-order chi connectivity index (χ0) is 13.5. The zero-order valence-electron chi connectivity index (χ0n) is 10.2. The van der Waals surface area contributed by atoms with E-state index in [-0.39, 0.29) is 18.1 Å². The number of anilines is 1. The first-order valence-electron chi connectivity index (χ1n) is 5.20. The van der Waals surface area contributed by atoms with Gasteiger partial charge in [-0.2, -0.15) is 0 Å². The van der Waals surface area contributed by atoms with Gasteiger partial charge in [-0.05, 0) is 12.1 Å². The summed E-state index contributed by atoms with van der Waals surface area (Å²) in [7, 11) is 3.01. The minimum atomic E-state index is -0.427. The molecule has 1 aromatic rings. The molecule has 0 unspecified atom stereocenters. The molecular formula is C12H14ClNO4. The highest BCUT2D eigenvalue weighted by atomic mass is 35.5. The van der Waals surface area contributed by atoms with Gasteiger partial charge in [-0.15, -0.1) is 11.6 Å². The Labute approximate surface area is 110 Å². The second kappa shape index (κ2) is 6.86. The van der Waals surface area contributed by atoms with E-state index in [4.69, 9.17) is 21.1 Å². The van der Waals surface area contributed by atoms with Crippen molar-refractivity contribution in [3.63, 3.8) is 0 Å². The van der Waals surface area contributed by atoms with E-state index in [1.165, 1.54) is 14.2 Å². The number of carbonyl (C=O) groups excluding carboxylic acids is 2. The van der Waals surface area contributed by atoms with Crippen molar-refractivity contribution in [1.29, 1.82) is 0 Å². The highest BCUT2D eigenvalue weighted by Gasteiger charge is 2.11. The molecule has 6 heteroatoms. The first kappa shape index (κ1) is 14.3. The second-order valence-electron chi connectivity index (χ2n) is 3.46. The summed E-state index contributed by atoms with van der Waals surface area (Å²) in [5, 5.41) is 2.58. The van der Waals surface area contributed by atoms with Crippen molar-refractivity contribution in [2.24, 2.45) is 0 Å². The number of hydrogen-bond donors (Lipinski definition) is 1. The SMILES string of the molecule is COc1ccc(NC(=O)CC(=O)CCl)c(OC)c1. The van der Waals surface area contributed by atoms with Crippen LogP contribution in [0, 0.1) is 0 Å². The third-order valence-corrected chi connectivity index (χ3v) is 2.49. The number of hydrogen-bond acceptors (Lipinski definition) is 4. The number of ether oxygens (including phenoxy) is 2. The first-order valence-corrected chi connectivity index (χ1v) is 5.73. The molecule has 0 spiro atoms. The molecule has 0 saturated heterocycles. The molecule has 0 radical (unpaired) electrons. The Hall–Kier alpha value is -1.75. The smallest absolute Gasteiger partial charge is 0.231 e. The summed E-state index contributed by atoms with van der Waals surface area (Å²) in [5.74, 6) is 0.140. The van der Waals surface area contributed by atoms with Gasteiger partial charge in [0.05, 0.1) is 32.2 Å². The molecule has 0 aromatic heterocycles. The molecule has 0 aliphatic carbocycles. The third-order valence-electron chi connectivity index (χ3n) is 2.19. The Bertz CT molecular complexity index is 448. The number of ketones is 1. The maximum atomic E-state index is 11.5. The maximum Gasteiger partial charge on any atom is 0.231 e. The van der Waals surface area contributed by atoms with Gasteiger partial charge in [0.25, 0.3) is 0 Å². The predicted octanol–water partition coefficient (Wildman–Crippen LogP) is 1.84. The van der Waals surface area contributed by atoms with Gasteiger partial charge in [0.1, 0.15) is 11.5 Å². The average molecular weight is 272 g/mol. The molecule has 0 fully saturated rings. The lowest BCUT2D eigenvalue weighted by atomic mass is 10.2. The molecule has 0 aliphatic rings. The van der Waals surface area contributed by atoms with Crippen LogP contribution in [0.2, 0.25) is 0 Å². The van der Waals surface area contributed by atoms with Crippen molar-refractivity contribution in [1.82, 2.24) is 0 Å². The van der Waals surface area contributed by atoms with Crippen LogP contribution < -0.4 is 14.8 Å². The van der Waals surface area contributed by atoms with Gasteiger partial charge in [0.15, 0.2) is 5.78 Å². The fraction of sp³-hybridized carbons (Fsp3) is 0.333. The summed E-state index contributed by atoms with van der Waals surface area (Å²) in [6.07, 6.45) is -0.251. The normalized spacial score (nSPS) is 9.72.